The van der Waals surface area contributed by atoms with Crippen LogP contribution in [0.4, 0.5) is 4.39 Å². The number of hydrogen-bond donors (Lipinski definition) is 1. The van der Waals surface area contributed by atoms with Gasteiger partial charge >= 0.3 is 0 Å². The Morgan fingerprint density at radius 2 is 2.31 bits per heavy atom. The number of benzene rings is 1. The number of piperidine rings is 1. The van der Waals surface area contributed by atoms with E-state index in [2.05, 4.69) is 11.4 Å². The summed E-state index contributed by atoms with van der Waals surface area (Å²) in [5, 5.41) is 4.64. The van der Waals surface area contributed by atoms with Crippen molar-refractivity contribution in [2.45, 2.75) is 11.8 Å². The van der Waals surface area contributed by atoms with Crippen LogP contribution in [0, 0.1) is 11.7 Å². The van der Waals surface area contributed by atoms with Crippen LogP contribution < -0.4 is 5.32 Å². The molecule has 0 spiro atoms. The fraction of sp³-hybridized carbons (Fsp3) is 0.385. The number of fused-ring (bicyclic) bond motifs is 2. The highest BCUT2D eigenvalue weighted by molar-refractivity contribution is 7.19. The van der Waals surface area contributed by atoms with Crippen LogP contribution >= 0.6 is 11.3 Å². The zero-order chi connectivity index (χ0) is 10.8. The lowest BCUT2D eigenvalue weighted by molar-refractivity contribution is 0.630. The van der Waals surface area contributed by atoms with E-state index in [0.29, 0.717) is 5.41 Å². The highest BCUT2D eigenvalue weighted by Crippen LogP contribution is 2.58. The van der Waals surface area contributed by atoms with Gasteiger partial charge in [0.2, 0.25) is 0 Å². The van der Waals surface area contributed by atoms with Crippen molar-refractivity contribution in [3.05, 3.63) is 35.0 Å². The lowest BCUT2D eigenvalue weighted by Crippen LogP contribution is -2.18. The van der Waals surface area contributed by atoms with Crippen molar-refractivity contribution in [3.63, 3.8) is 0 Å². The third-order valence-corrected chi connectivity index (χ3v) is 5.35. The summed E-state index contributed by atoms with van der Waals surface area (Å²) in [7, 11) is 0. The fourth-order valence-electron chi connectivity index (χ4n) is 2.97. The highest BCUT2D eigenvalue weighted by Gasteiger charge is 2.58. The number of halogens is 1. The van der Waals surface area contributed by atoms with Gasteiger partial charge in [0.1, 0.15) is 5.82 Å². The Morgan fingerprint density at radius 1 is 1.38 bits per heavy atom. The minimum absolute atomic E-state index is 0.129. The van der Waals surface area contributed by atoms with Crippen LogP contribution in [0.2, 0.25) is 0 Å². The van der Waals surface area contributed by atoms with E-state index in [4.69, 9.17) is 0 Å². The highest BCUT2D eigenvalue weighted by atomic mass is 32.1. The van der Waals surface area contributed by atoms with E-state index in [0.717, 1.165) is 23.7 Å². The molecule has 1 saturated carbocycles. The molecule has 1 aliphatic carbocycles. The molecule has 0 radical (unpaired) electrons. The molecule has 2 aliphatic rings. The topological polar surface area (TPSA) is 12.0 Å². The molecule has 1 aromatic heterocycles. The average Bonchev–Trinajstić information content (AvgIpc) is 2.69. The molecule has 1 N–H and O–H groups in total. The third-order valence-electron chi connectivity index (χ3n) is 4.04. The fourth-order valence-corrected chi connectivity index (χ4v) is 4.34. The molecule has 0 bridgehead atoms. The number of rotatable bonds is 1. The van der Waals surface area contributed by atoms with Gasteiger partial charge in [-0.25, -0.2) is 4.39 Å². The quantitative estimate of drug-likeness (QED) is 0.798. The first-order valence-corrected chi connectivity index (χ1v) is 6.50. The summed E-state index contributed by atoms with van der Waals surface area (Å²) in [5.41, 5.74) is 0.403. The molecule has 16 heavy (non-hydrogen) atoms. The van der Waals surface area contributed by atoms with Gasteiger partial charge in [0.25, 0.3) is 0 Å². The number of hydrogen-bond acceptors (Lipinski definition) is 2. The Hall–Kier alpha value is -0.930. The van der Waals surface area contributed by atoms with Gasteiger partial charge in [-0.1, -0.05) is 6.07 Å². The summed E-state index contributed by atoms with van der Waals surface area (Å²) >= 11 is 1.77. The first kappa shape index (κ1) is 9.14. The zero-order valence-electron chi connectivity index (χ0n) is 8.79. The molecule has 0 amide bonds. The molecule has 3 heteroatoms. The Morgan fingerprint density at radius 3 is 3.06 bits per heavy atom. The standard InChI is InChI=1S/C13H12FNS/c14-10-2-1-8-3-12(16-11(8)4-10)13-5-9(13)6-15-7-13/h1-4,9,15H,5-7H2. The third kappa shape index (κ3) is 1.08. The van der Waals surface area contributed by atoms with Crippen molar-refractivity contribution in [3.8, 4) is 0 Å². The normalized spacial score (nSPS) is 31.9. The molecule has 1 saturated heterocycles. The lowest BCUT2D eigenvalue weighted by Gasteiger charge is -2.07. The van der Waals surface area contributed by atoms with Gasteiger partial charge in [0, 0.05) is 21.5 Å². The van der Waals surface area contributed by atoms with Crippen molar-refractivity contribution >= 4 is 21.4 Å². The van der Waals surface area contributed by atoms with E-state index in [1.54, 1.807) is 23.5 Å². The lowest BCUT2D eigenvalue weighted by atomic mass is 10.0. The minimum atomic E-state index is -0.129. The van der Waals surface area contributed by atoms with E-state index in [-0.39, 0.29) is 5.82 Å². The van der Waals surface area contributed by atoms with E-state index in [9.17, 15) is 4.39 Å². The maximum Gasteiger partial charge on any atom is 0.124 e. The molecule has 1 aliphatic heterocycles. The van der Waals surface area contributed by atoms with Gasteiger partial charge in [0.05, 0.1) is 0 Å². The molecule has 4 rings (SSSR count). The second kappa shape index (κ2) is 2.84. The summed E-state index contributed by atoms with van der Waals surface area (Å²) in [6, 6.07) is 7.35. The molecule has 82 valence electrons. The molecule has 2 fully saturated rings. The molecule has 2 atom stereocenters. The van der Waals surface area contributed by atoms with E-state index in [1.807, 2.05) is 6.07 Å². The van der Waals surface area contributed by atoms with Crippen molar-refractivity contribution in [2.24, 2.45) is 5.92 Å². The Bertz CT molecular complexity index is 576. The average molecular weight is 233 g/mol. The Kier molecular flexibility index (Phi) is 1.62. The van der Waals surface area contributed by atoms with E-state index in [1.165, 1.54) is 16.7 Å². The first-order valence-electron chi connectivity index (χ1n) is 5.68. The number of thiophene rings is 1. The summed E-state index contributed by atoms with van der Waals surface area (Å²) in [6.07, 6.45) is 1.31. The van der Waals surface area contributed by atoms with Crippen LogP contribution in [0.3, 0.4) is 0 Å². The van der Waals surface area contributed by atoms with E-state index < -0.39 is 0 Å². The maximum absolute atomic E-state index is 13.1. The van der Waals surface area contributed by atoms with Crippen LogP contribution in [-0.2, 0) is 5.41 Å². The summed E-state index contributed by atoms with van der Waals surface area (Å²) in [5.74, 6) is 0.695. The predicted octanol–water partition coefficient (Wildman–Crippen LogP) is 2.90. The van der Waals surface area contributed by atoms with Gasteiger partial charge in [0.15, 0.2) is 0 Å². The smallest absolute Gasteiger partial charge is 0.124 e. The van der Waals surface area contributed by atoms with Crippen molar-refractivity contribution in [2.75, 3.05) is 13.1 Å². The van der Waals surface area contributed by atoms with Crippen molar-refractivity contribution in [1.29, 1.82) is 0 Å². The second-order valence-corrected chi connectivity index (χ2v) is 6.06. The van der Waals surface area contributed by atoms with Crippen molar-refractivity contribution in [1.82, 2.24) is 5.32 Å². The number of nitrogens with one attached hydrogen (secondary N) is 1. The van der Waals surface area contributed by atoms with Gasteiger partial charge in [-0.3, -0.25) is 0 Å². The monoisotopic (exact) mass is 233 g/mol. The molecule has 2 heterocycles. The van der Waals surface area contributed by atoms with Gasteiger partial charge in [-0.15, -0.1) is 11.3 Å². The molecule has 2 aromatic rings. The second-order valence-electron chi connectivity index (χ2n) is 4.98. The zero-order valence-corrected chi connectivity index (χ0v) is 9.61. The van der Waals surface area contributed by atoms with Crippen LogP contribution in [0.15, 0.2) is 24.3 Å². The van der Waals surface area contributed by atoms with Crippen LogP contribution in [0.1, 0.15) is 11.3 Å². The molecule has 1 nitrogen and oxygen atoms in total. The predicted molar refractivity (Wildman–Crippen MR) is 64.4 cm³/mol. The van der Waals surface area contributed by atoms with Crippen molar-refractivity contribution < 1.29 is 4.39 Å². The summed E-state index contributed by atoms with van der Waals surface area (Å²) < 4.78 is 14.2. The Balaban J connectivity index is 1.87. The van der Waals surface area contributed by atoms with Crippen LogP contribution in [0.5, 0.6) is 0 Å². The molecule has 1 aromatic carbocycles. The van der Waals surface area contributed by atoms with Gasteiger partial charge in [-0.2, -0.15) is 0 Å². The largest absolute Gasteiger partial charge is 0.315 e. The summed E-state index contributed by atoms with van der Waals surface area (Å²) in [6.45, 7) is 2.26. The first-order chi connectivity index (χ1) is 7.78. The van der Waals surface area contributed by atoms with Gasteiger partial charge < -0.3 is 5.32 Å². The maximum atomic E-state index is 13.1. The molecular weight excluding hydrogens is 221 g/mol. The van der Waals surface area contributed by atoms with Gasteiger partial charge in [-0.05, 0) is 42.5 Å². The summed E-state index contributed by atoms with van der Waals surface area (Å²) in [4.78, 5) is 1.45. The minimum Gasteiger partial charge on any atom is -0.315 e. The molecule has 2 unspecified atom stereocenters. The van der Waals surface area contributed by atoms with Crippen LogP contribution in [-0.4, -0.2) is 13.1 Å². The van der Waals surface area contributed by atoms with Crippen LogP contribution in [0.25, 0.3) is 10.1 Å². The Labute approximate surface area is 97.3 Å². The van der Waals surface area contributed by atoms with E-state index >= 15 is 0 Å². The molecular formula is C13H12FNS. The SMILES string of the molecule is Fc1ccc2cc(C34CNCC3C4)sc2c1.